The maximum atomic E-state index is 11.7. The third-order valence-corrected chi connectivity index (χ3v) is 13.8. The summed E-state index contributed by atoms with van der Waals surface area (Å²) >= 11 is 0. The van der Waals surface area contributed by atoms with Crippen molar-refractivity contribution in [3.05, 3.63) is 117 Å². The Morgan fingerprint density at radius 3 is 1.02 bits per heavy atom. The lowest BCUT2D eigenvalue weighted by molar-refractivity contribution is -0.671. The van der Waals surface area contributed by atoms with Crippen molar-refractivity contribution in [3.8, 4) is 22.6 Å². The van der Waals surface area contributed by atoms with Gasteiger partial charge in [0.25, 0.3) is 0 Å². The molecule has 0 radical (unpaired) electrons. The molecule has 0 fully saturated rings. The molecule has 16 nitrogen and oxygen atoms in total. The Bertz CT molecular complexity index is 2920. The first-order valence-corrected chi connectivity index (χ1v) is 22.9. The summed E-state index contributed by atoms with van der Waals surface area (Å²) in [6.07, 6.45) is 11.9. The molecule has 0 unspecified atom stereocenters. The van der Waals surface area contributed by atoms with Crippen LogP contribution in [0.2, 0.25) is 0 Å². The van der Waals surface area contributed by atoms with E-state index >= 15 is 0 Å². The fourth-order valence-electron chi connectivity index (χ4n) is 5.55. The van der Waals surface area contributed by atoms with Crippen molar-refractivity contribution in [2.75, 3.05) is 0 Å². The number of hydrogen-bond acceptors (Lipinski definition) is 10. The van der Waals surface area contributed by atoms with Crippen LogP contribution in [0.15, 0.2) is 98.1 Å². The van der Waals surface area contributed by atoms with Gasteiger partial charge in [0.15, 0.2) is 40.1 Å². The van der Waals surface area contributed by atoms with Crippen LogP contribution in [0.5, 0.6) is 11.5 Å². The van der Waals surface area contributed by atoms with E-state index in [1.165, 1.54) is 0 Å². The van der Waals surface area contributed by atoms with Gasteiger partial charge in [0.1, 0.15) is 49.4 Å². The number of aryl methyl sites for hydroxylation is 2. The monoisotopic (exact) mass is 1040 g/mol. The van der Waals surface area contributed by atoms with E-state index in [-0.39, 0.29) is 11.5 Å². The third-order valence-electron chi connectivity index (χ3n) is 8.37. The fourth-order valence-corrected chi connectivity index (χ4v) is 8.97. The quantitative estimate of drug-likeness (QED) is 0.118. The molecule has 6 aromatic rings. The Balaban J connectivity index is 0.000000264. The van der Waals surface area contributed by atoms with Crippen LogP contribution in [0.3, 0.4) is 0 Å². The summed E-state index contributed by atoms with van der Waals surface area (Å²) in [4.78, 5) is 0. The zero-order valence-electron chi connectivity index (χ0n) is 32.7. The maximum Gasteiger partial charge on any atom is 0.480 e. The van der Waals surface area contributed by atoms with Gasteiger partial charge < -0.3 is 18.5 Å². The molecule has 0 saturated heterocycles. The zero-order valence-corrected chi connectivity index (χ0v) is 35.9. The number of aromatic nitrogens is 4. The third kappa shape index (κ3) is 12.0. The fraction of sp³-hybridized carbons (Fsp3) is 0.235. The molecule has 0 aliphatic carbocycles. The molecule has 6 rings (SSSR count). The van der Waals surface area contributed by atoms with Gasteiger partial charge in [-0.15, -0.1) is 0 Å². The maximum absolute atomic E-state index is 11.7. The highest BCUT2D eigenvalue weighted by atomic mass is 32.3. The number of rotatable bonds is 9. The van der Waals surface area contributed by atoms with Gasteiger partial charge in [0.05, 0.1) is 14.1 Å². The van der Waals surface area contributed by atoms with E-state index in [0.29, 0.717) is 24.2 Å². The lowest BCUT2D eigenvalue weighted by Gasteiger charge is -2.22. The van der Waals surface area contributed by atoms with Crippen LogP contribution in [0.1, 0.15) is 11.1 Å². The van der Waals surface area contributed by atoms with Crippen molar-refractivity contribution >= 4 is 61.6 Å². The Hall–Kier alpha value is -5.70. The lowest BCUT2D eigenvalue weighted by atomic mass is 9.88. The van der Waals surface area contributed by atoms with Crippen LogP contribution in [-0.4, -0.2) is 75.1 Å². The smallest absolute Gasteiger partial charge is 0.480 e. The number of halogens is 12. The number of aromatic hydroxyl groups is 2. The first-order valence-electron chi connectivity index (χ1n) is 17.1. The summed E-state index contributed by atoms with van der Waals surface area (Å²) in [5.41, 5.74) is -21.9. The predicted octanol–water partition coefficient (Wildman–Crippen LogP) is 6.54. The molecule has 0 spiro atoms. The first-order chi connectivity index (χ1) is 29.9. The van der Waals surface area contributed by atoms with Gasteiger partial charge >= 0.3 is 22.0 Å². The number of fused-ring (bicyclic) bond motifs is 2. The van der Waals surface area contributed by atoms with Crippen molar-refractivity contribution in [2.45, 2.75) is 35.1 Å². The molecule has 2 N–H and O–H groups in total. The molecule has 2 aromatic heterocycles. The molecule has 2 heterocycles. The Labute approximate surface area is 364 Å². The van der Waals surface area contributed by atoms with E-state index in [4.69, 9.17) is 0 Å². The average Bonchev–Trinajstić information content (AvgIpc) is 3.77. The van der Waals surface area contributed by atoms with Crippen molar-refractivity contribution in [3.63, 3.8) is 0 Å². The van der Waals surface area contributed by atoms with Gasteiger partial charge in [0, 0.05) is 22.3 Å². The summed E-state index contributed by atoms with van der Waals surface area (Å²) in [6.45, 7) is 1.03. The zero-order chi connectivity index (χ0) is 50.2. The molecular weight excluding hydrogens is 1010 g/mol. The van der Waals surface area contributed by atoms with Gasteiger partial charge in [-0.1, -0.05) is 48.5 Å². The summed E-state index contributed by atoms with van der Waals surface area (Å²) < 4.78 is 226. The van der Waals surface area contributed by atoms with Crippen LogP contribution in [-0.2, 0) is 67.3 Å². The minimum Gasteiger partial charge on any atom is -0.507 e. The Morgan fingerprint density at radius 1 is 0.500 bits per heavy atom. The van der Waals surface area contributed by atoms with Crippen molar-refractivity contribution in [1.29, 1.82) is 0 Å². The van der Waals surface area contributed by atoms with Gasteiger partial charge in [-0.3, -0.25) is 0 Å². The largest absolute Gasteiger partial charge is 0.507 e. The number of imidazole rings is 2. The van der Waals surface area contributed by atoms with E-state index in [9.17, 15) is 96.6 Å². The second kappa shape index (κ2) is 18.5. The number of sulfonamides is 4. The van der Waals surface area contributed by atoms with E-state index in [1.807, 2.05) is 118 Å². The minimum absolute atomic E-state index is 0.190. The minimum atomic E-state index is -6.72. The number of nitrogens with zero attached hydrogens (tertiary/aromatic N) is 6. The molecular formula is C34H28F12N6O10S4. The van der Waals surface area contributed by atoms with Crippen LogP contribution in [0, 0.1) is 0 Å². The van der Waals surface area contributed by atoms with Crippen molar-refractivity contribution in [1.82, 2.24) is 9.13 Å². The lowest BCUT2D eigenvalue weighted by Crippen LogP contribution is -2.30. The molecule has 0 bridgehead atoms. The average molecular weight is 1040 g/mol. The van der Waals surface area contributed by atoms with Crippen LogP contribution >= 0.6 is 0 Å². The van der Waals surface area contributed by atoms with Crippen molar-refractivity contribution in [2.24, 2.45) is 14.1 Å². The van der Waals surface area contributed by atoms with Gasteiger partial charge in [-0.05, 0) is 33.7 Å². The SMILES string of the molecule is C[n+]1ccn(Cc2cc3ccccc3c(-c3c(O)c(Cn4cc[n+](C)c4)cc4ccccc34)c2O)c1.O=S(=O)([N-]S(=O)(=O)C(F)(F)F)C(F)(F)F.O=S(=O)([N-]S(=O)(=O)C(F)(F)F)C(F)(F)F. The van der Waals surface area contributed by atoms with Crippen molar-refractivity contribution < 1.29 is 106 Å². The summed E-state index contributed by atoms with van der Waals surface area (Å²) in [5, 5.41) is 27.3. The Kier molecular flexibility index (Phi) is 14.9. The normalized spacial score (nSPS) is 13.2. The summed E-state index contributed by atoms with van der Waals surface area (Å²) in [7, 11) is -22.9. The summed E-state index contributed by atoms with van der Waals surface area (Å²) in [6, 6.07) is 20.2. The molecule has 4 aromatic carbocycles. The number of alkyl halides is 12. The number of hydrogen-bond donors (Lipinski definition) is 2. The molecule has 0 saturated carbocycles. The van der Waals surface area contributed by atoms with Crippen LogP contribution in [0.4, 0.5) is 52.7 Å². The number of phenolic OH excluding ortho intramolecular Hbond substituents is 2. The second-order valence-electron chi connectivity index (χ2n) is 13.3. The molecule has 32 heteroatoms. The Morgan fingerprint density at radius 2 is 0.773 bits per heavy atom. The summed E-state index contributed by atoms with van der Waals surface area (Å²) in [5.74, 6) is 0.380. The predicted molar refractivity (Wildman–Crippen MR) is 206 cm³/mol. The molecule has 0 aliphatic rings. The highest BCUT2D eigenvalue weighted by Gasteiger charge is 2.48. The van der Waals surface area contributed by atoms with E-state index < -0.39 is 62.1 Å². The molecule has 0 aliphatic heterocycles. The van der Waals surface area contributed by atoms with Crippen LogP contribution in [0.25, 0.3) is 40.9 Å². The van der Waals surface area contributed by atoms with E-state index in [1.54, 1.807) is 0 Å². The van der Waals surface area contributed by atoms with E-state index in [0.717, 1.165) is 40.9 Å². The molecule has 66 heavy (non-hydrogen) atoms. The topological polar surface area (TPSA) is 223 Å². The molecule has 362 valence electrons. The molecule has 0 atom stereocenters. The van der Waals surface area contributed by atoms with Gasteiger partial charge in [-0.2, -0.15) is 52.7 Å². The molecule has 0 amide bonds. The standard InChI is InChI=1S/C30H26N4O2.2C2F6NO4S2/c1-31-11-13-33(19-31)17-23-15-21-7-3-5-9-25(21)27(29(23)35)28-26-10-6-4-8-22(26)16-24(30(28)36)18-34-14-12-32(2)20-34;2*3-1(4,5)14(10,11)9-15(12,13)2(6,7)8/h3-16,19-20H,17-18H2,1-2H3;;/q;2*-1/p+2. The highest BCUT2D eigenvalue weighted by molar-refractivity contribution is 8.13. The van der Waals surface area contributed by atoms with Crippen LogP contribution < -0.4 is 9.13 Å². The number of benzene rings is 4. The second-order valence-corrected chi connectivity index (χ2v) is 20.1. The first kappa shape index (κ1) is 52.9. The van der Waals surface area contributed by atoms with E-state index in [2.05, 4.69) is 12.1 Å². The highest BCUT2D eigenvalue weighted by Crippen LogP contribution is 2.48. The van der Waals surface area contributed by atoms with Gasteiger partial charge in [0.2, 0.25) is 12.7 Å². The number of phenols is 2. The van der Waals surface area contributed by atoms with Gasteiger partial charge in [-0.25, -0.2) is 51.9 Å².